The fourth-order valence-corrected chi connectivity index (χ4v) is 4.64. The molecule has 1 aromatic heterocycles. The zero-order valence-corrected chi connectivity index (χ0v) is 19.3. The van der Waals surface area contributed by atoms with Crippen LogP contribution in [0.1, 0.15) is 36.2 Å². The van der Waals surface area contributed by atoms with E-state index >= 15 is 0 Å². The minimum atomic E-state index is -0.290. The summed E-state index contributed by atoms with van der Waals surface area (Å²) in [5.74, 6) is 0.614. The highest BCUT2D eigenvalue weighted by Gasteiger charge is 2.20. The second-order valence-corrected chi connectivity index (χ2v) is 9.07. The topological polar surface area (TPSA) is 63.1 Å². The van der Waals surface area contributed by atoms with Crippen LogP contribution in [0, 0.1) is 19.7 Å². The predicted octanol–water partition coefficient (Wildman–Crippen LogP) is 4.74. The van der Waals surface area contributed by atoms with E-state index in [2.05, 4.69) is 20.4 Å². The highest BCUT2D eigenvalue weighted by Crippen LogP contribution is 2.25. The number of aromatic nitrogens is 3. The number of nitrogens with zero attached hydrogens (tertiary/aromatic N) is 4. The lowest BCUT2D eigenvalue weighted by atomic mass is 10.1. The third-order valence-electron chi connectivity index (χ3n) is 5.81. The number of rotatable bonds is 7. The Morgan fingerprint density at radius 3 is 2.56 bits per heavy atom. The van der Waals surface area contributed by atoms with Gasteiger partial charge in [0.05, 0.1) is 12.3 Å². The van der Waals surface area contributed by atoms with Crippen LogP contribution in [-0.4, -0.2) is 44.4 Å². The van der Waals surface area contributed by atoms with Crippen molar-refractivity contribution in [3.8, 4) is 5.69 Å². The van der Waals surface area contributed by atoms with Crippen LogP contribution in [0.3, 0.4) is 0 Å². The van der Waals surface area contributed by atoms with E-state index in [4.69, 9.17) is 0 Å². The van der Waals surface area contributed by atoms with Crippen LogP contribution in [0.4, 0.5) is 10.1 Å². The Morgan fingerprint density at radius 2 is 1.81 bits per heavy atom. The molecule has 3 aromatic rings. The van der Waals surface area contributed by atoms with Crippen molar-refractivity contribution in [2.24, 2.45) is 0 Å². The number of likely N-dealkylation sites (tertiary alicyclic amines) is 1. The molecule has 4 rings (SSSR count). The van der Waals surface area contributed by atoms with Crippen molar-refractivity contribution in [2.45, 2.75) is 44.8 Å². The molecule has 1 aliphatic heterocycles. The maximum Gasteiger partial charge on any atom is 0.234 e. The Kier molecular flexibility index (Phi) is 7.22. The Balaban J connectivity index is 1.51. The number of carbonyl (C=O) groups is 1. The number of piperidine rings is 1. The highest BCUT2D eigenvalue weighted by atomic mass is 32.2. The van der Waals surface area contributed by atoms with Crippen LogP contribution in [0.25, 0.3) is 5.69 Å². The second kappa shape index (κ2) is 10.3. The van der Waals surface area contributed by atoms with E-state index in [1.54, 1.807) is 12.1 Å². The van der Waals surface area contributed by atoms with Crippen LogP contribution >= 0.6 is 11.8 Å². The van der Waals surface area contributed by atoms with Gasteiger partial charge in [-0.3, -0.25) is 14.3 Å². The number of benzene rings is 2. The highest BCUT2D eigenvalue weighted by molar-refractivity contribution is 7.99. The van der Waals surface area contributed by atoms with Gasteiger partial charge in [0, 0.05) is 11.4 Å². The number of hydrogen-bond acceptors (Lipinski definition) is 5. The first-order valence-corrected chi connectivity index (χ1v) is 11.9. The second-order valence-electron chi connectivity index (χ2n) is 8.13. The average molecular weight is 454 g/mol. The van der Waals surface area contributed by atoms with Gasteiger partial charge in [0.25, 0.3) is 0 Å². The Labute approximate surface area is 192 Å². The fraction of sp³-hybridized carbons (Fsp3) is 0.375. The zero-order valence-electron chi connectivity index (χ0n) is 18.5. The molecule has 1 aliphatic rings. The van der Waals surface area contributed by atoms with Crippen LogP contribution in [0.5, 0.6) is 0 Å². The molecule has 0 unspecified atom stereocenters. The average Bonchev–Trinajstić information content (AvgIpc) is 3.19. The van der Waals surface area contributed by atoms with Gasteiger partial charge < -0.3 is 5.32 Å². The van der Waals surface area contributed by atoms with Crippen molar-refractivity contribution in [3.63, 3.8) is 0 Å². The van der Waals surface area contributed by atoms with Gasteiger partial charge >= 0.3 is 0 Å². The molecular weight excluding hydrogens is 425 g/mol. The number of halogens is 1. The summed E-state index contributed by atoms with van der Waals surface area (Å²) >= 11 is 1.33. The molecular formula is C24H28FN5OS. The molecule has 2 aromatic carbocycles. The molecule has 1 amide bonds. The number of carbonyl (C=O) groups excluding carboxylic acids is 1. The van der Waals surface area contributed by atoms with Gasteiger partial charge in [0.1, 0.15) is 5.82 Å². The molecule has 32 heavy (non-hydrogen) atoms. The summed E-state index contributed by atoms with van der Waals surface area (Å²) < 4.78 is 15.5. The van der Waals surface area contributed by atoms with Gasteiger partial charge in [0.15, 0.2) is 11.0 Å². The summed E-state index contributed by atoms with van der Waals surface area (Å²) in [6.45, 7) is 6.78. The molecule has 8 heteroatoms. The van der Waals surface area contributed by atoms with E-state index in [-0.39, 0.29) is 17.5 Å². The largest absolute Gasteiger partial charge is 0.325 e. The summed E-state index contributed by atoms with van der Waals surface area (Å²) in [4.78, 5) is 15.0. The van der Waals surface area contributed by atoms with Gasteiger partial charge in [-0.15, -0.1) is 10.2 Å². The number of nitrogens with one attached hydrogen (secondary N) is 1. The maximum absolute atomic E-state index is 13.5. The molecule has 168 valence electrons. The summed E-state index contributed by atoms with van der Waals surface area (Å²) in [6, 6.07) is 12.2. The van der Waals surface area contributed by atoms with Crippen molar-refractivity contribution in [1.82, 2.24) is 19.7 Å². The smallest absolute Gasteiger partial charge is 0.234 e. The lowest BCUT2D eigenvalue weighted by molar-refractivity contribution is -0.113. The SMILES string of the molecule is Cc1cccc(NC(=O)CSc2nnc(CN3CCCCC3)n2-c2ccc(F)cc2)c1C. The lowest BCUT2D eigenvalue weighted by Crippen LogP contribution is -2.30. The van der Waals surface area contributed by atoms with E-state index in [9.17, 15) is 9.18 Å². The zero-order chi connectivity index (χ0) is 22.5. The standard InChI is InChI=1S/C24H28FN5OS/c1-17-7-6-8-21(18(17)2)26-23(31)16-32-24-28-27-22(15-29-13-4-3-5-14-29)30(24)20-11-9-19(25)10-12-20/h6-12H,3-5,13-16H2,1-2H3,(H,26,31). The Bertz CT molecular complexity index is 1080. The van der Waals surface area contributed by atoms with E-state index in [0.717, 1.165) is 41.4 Å². The molecule has 0 spiro atoms. The molecule has 0 atom stereocenters. The minimum absolute atomic E-state index is 0.102. The summed E-state index contributed by atoms with van der Waals surface area (Å²) in [5.41, 5.74) is 3.81. The Hall–Kier alpha value is -2.71. The third-order valence-corrected chi connectivity index (χ3v) is 6.74. The first-order chi connectivity index (χ1) is 15.5. The number of anilines is 1. The summed E-state index contributed by atoms with van der Waals surface area (Å²) in [5, 5.41) is 12.4. The molecule has 1 saturated heterocycles. The quantitative estimate of drug-likeness (QED) is 0.524. The van der Waals surface area contributed by atoms with Crippen LogP contribution in [0.2, 0.25) is 0 Å². The maximum atomic E-state index is 13.5. The van der Waals surface area contributed by atoms with E-state index in [1.165, 1.54) is 43.2 Å². The molecule has 0 radical (unpaired) electrons. The van der Waals surface area contributed by atoms with Gasteiger partial charge in [0.2, 0.25) is 5.91 Å². The molecule has 0 saturated carbocycles. The van der Waals surface area contributed by atoms with E-state index < -0.39 is 0 Å². The molecule has 2 heterocycles. The van der Waals surface area contributed by atoms with Gasteiger partial charge in [-0.25, -0.2) is 4.39 Å². The lowest BCUT2D eigenvalue weighted by Gasteiger charge is -2.26. The van der Waals surface area contributed by atoms with E-state index in [1.807, 2.05) is 36.6 Å². The van der Waals surface area contributed by atoms with E-state index in [0.29, 0.717) is 11.7 Å². The van der Waals surface area contributed by atoms with Crippen LogP contribution in [-0.2, 0) is 11.3 Å². The van der Waals surface area contributed by atoms with Crippen molar-refractivity contribution < 1.29 is 9.18 Å². The molecule has 0 aliphatic carbocycles. The first-order valence-electron chi connectivity index (χ1n) is 10.9. The van der Waals surface area contributed by atoms with Crippen molar-refractivity contribution in [3.05, 3.63) is 65.2 Å². The molecule has 1 fully saturated rings. The van der Waals surface area contributed by atoms with Gasteiger partial charge in [-0.05, 0) is 81.2 Å². The molecule has 6 nitrogen and oxygen atoms in total. The number of thioether (sulfide) groups is 1. The fourth-order valence-electron chi connectivity index (χ4n) is 3.87. The minimum Gasteiger partial charge on any atom is -0.325 e. The van der Waals surface area contributed by atoms with Gasteiger partial charge in [-0.1, -0.05) is 30.3 Å². The van der Waals surface area contributed by atoms with Crippen molar-refractivity contribution in [1.29, 1.82) is 0 Å². The number of hydrogen-bond donors (Lipinski definition) is 1. The summed E-state index contributed by atoms with van der Waals surface area (Å²) in [6.07, 6.45) is 3.63. The van der Waals surface area contributed by atoms with Crippen LogP contribution in [0.15, 0.2) is 47.6 Å². The molecule has 0 bridgehead atoms. The van der Waals surface area contributed by atoms with Crippen molar-refractivity contribution >= 4 is 23.4 Å². The Morgan fingerprint density at radius 1 is 1.06 bits per heavy atom. The number of aryl methyl sites for hydroxylation is 1. The predicted molar refractivity (Wildman–Crippen MR) is 126 cm³/mol. The first kappa shape index (κ1) is 22.5. The molecule has 1 N–H and O–H groups in total. The van der Waals surface area contributed by atoms with Gasteiger partial charge in [-0.2, -0.15) is 0 Å². The third kappa shape index (κ3) is 5.37. The van der Waals surface area contributed by atoms with Crippen LogP contribution < -0.4 is 5.32 Å². The summed E-state index contributed by atoms with van der Waals surface area (Å²) in [7, 11) is 0. The normalized spacial score (nSPS) is 14.5. The van der Waals surface area contributed by atoms with Crippen molar-refractivity contribution in [2.75, 3.05) is 24.2 Å². The monoisotopic (exact) mass is 453 g/mol. The number of amides is 1.